The van der Waals surface area contributed by atoms with E-state index in [0.717, 1.165) is 29.5 Å². The highest BCUT2D eigenvalue weighted by Gasteiger charge is 2.29. The maximum Gasteiger partial charge on any atom is 0.511 e. The van der Waals surface area contributed by atoms with Crippen LogP contribution in [0.15, 0.2) is 12.1 Å². The highest BCUT2D eigenvalue weighted by Crippen LogP contribution is 2.41. The Morgan fingerprint density at radius 3 is 1.43 bits per heavy atom. The second-order valence-corrected chi connectivity index (χ2v) is 13.9. The molecule has 232 valence electrons. The van der Waals surface area contributed by atoms with Crippen LogP contribution in [-0.4, -0.2) is 97.8 Å². The topological polar surface area (TPSA) is 127 Å². The van der Waals surface area contributed by atoms with E-state index in [2.05, 4.69) is 53.7 Å². The standard InChI is InChI=1S/C29H50O10S/c1-28(2,3)24-21-23(22-25(29(4,5)6)26(24)39-27(30)31)9-8-10-34-11-12-35-13-14-36-15-16-37-17-18-38-19-20-40(7,32)33/h21-22H,8-20H2,1-7H3,(H,30,31). The third-order valence-electron chi connectivity index (χ3n) is 5.79. The summed E-state index contributed by atoms with van der Waals surface area (Å²) >= 11 is 0. The Balaban J connectivity index is 2.22. The summed E-state index contributed by atoms with van der Waals surface area (Å²) in [5.74, 6) is 0.454. The van der Waals surface area contributed by atoms with Gasteiger partial charge in [0.05, 0.1) is 65.2 Å². The first kappa shape index (κ1) is 36.3. The molecule has 0 aliphatic carbocycles. The van der Waals surface area contributed by atoms with E-state index < -0.39 is 16.0 Å². The summed E-state index contributed by atoms with van der Waals surface area (Å²) in [7, 11) is -2.99. The number of ether oxygens (including phenoxy) is 6. The highest BCUT2D eigenvalue weighted by molar-refractivity contribution is 7.90. The Morgan fingerprint density at radius 2 is 1.07 bits per heavy atom. The van der Waals surface area contributed by atoms with Crippen LogP contribution >= 0.6 is 0 Å². The van der Waals surface area contributed by atoms with Gasteiger partial charge >= 0.3 is 6.16 Å². The Labute approximate surface area is 240 Å². The van der Waals surface area contributed by atoms with Crippen LogP contribution in [0, 0.1) is 0 Å². The van der Waals surface area contributed by atoms with Crippen molar-refractivity contribution in [2.75, 3.05) is 78.1 Å². The van der Waals surface area contributed by atoms with Crippen LogP contribution in [0.4, 0.5) is 4.79 Å². The Morgan fingerprint density at radius 1 is 0.700 bits per heavy atom. The van der Waals surface area contributed by atoms with Crippen molar-refractivity contribution in [3.63, 3.8) is 0 Å². The normalized spacial score (nSPS) is 12.6. The first-order chi connectivity index (χ1) is 18.6. The van der Waals surface area contributed by atoms with Gasteiger partial charge in [0.15, 0.2) is 0 Å². The zero-order chi connectivity index (χ0) is 30.2. The monoisotopic (exact) mass is 590 g/mol. The summed E-state index contributed by atoms with van der Waals surface area (Å²) in [5.41, 5.74) is 2.35. The summed E-state index contributed by atoms with van der Waals surface area (Å²) in [6, 6.07) is 4.11. The van der Waals surface area contributed by atoms with Crippen LogP contribution in [0.5, 0.6) is 5.75 Å². The number of sulfone groups is 1. The number of rotatable bonds is 20. The molecular weight excluding hydrogens is 540 g/mol. The molecule has 1 rings (SSSR count). The minimum Gasteiger partial charge on any atom is -0.449 e. The lowest BCUT2D eigenvalue weighted by atomic mass is 9.78. The maximum atomic E-state index is 11.4. The van der Waals surface area contributed by atoms with Gasteiger partial charge in [-0.1, -0.05) is 53.7 Å². The summed E-state index contributed by atoms with van der Waals surface area (Å²) in [6.07, 6.45) is 1.52. The van der Waals surface area contributed by atoms with Crippen molar-refractivity contribution in [1.29, 1.82) is 0 Å². The van der Waals surface area contributed by atoms with E-state index in [9.17, 15) is 18.3 Å². The number of hydrogen-bond donors (Lipinski definition) is 1. The van der Waals surface area contributed by atoms with Gasteiger partial charge in [-0.05, 0) is 29.2 Å². The molecule has 11 heteroatoms. The molecule has 0 bridgehead atoms. The lowest BCUT2D eigenvalue weighted by Crippen LogP contribution is -2.22. The van der Waals surface area contributed by atoms with Gasteiger partial charge in [0.25, 0.3) is 0 Å². The molecule has 10 nitrogen and oxygen atoms in total. The molecule has 0 aromatic heterocycles. The predicted octanol–water partition coefficient (Wildman–Crippen LogP) is 4.40. The molecule has 0 unspecified atom stereocenters. The van der Waals surface area contributed by atoms with E-state index >= 15 is 0 Å². The van der Waals surface area contributed by atoms with Gasteiger partial charge in [0.1, 0.15) is 15.6 Å². The molecule has 0 saturated carbocycles. The van der Waals surface area contributed by atoms with Crippen molar-refractivity contribution in [2.45, 2.75) is 65.2 Å². The number of benzene rings is 1. The van der Waals surface area contributed by atoms with Crippen LogP contribution in [0.3, 0.4) is 0 Å². The SMILES string of the molecule is CC(C)(C)c1cc(CCCOCCOCCOCCOCCOCCS(C)(=O)=O)cc(C(C)(C)C)c1OC(=O)O. The molecule has 1 aromatic carbocycles. The minimum atomic E-state index is -2.99. The molecule has 0 amide bonds. The number of hydrogen-bond acceptors (Lipinski definition) is 9. The second-order valence-electron chi connectivity index (χ2n) is 11.7. The zero-order valence-electron chi connectivity index (χ0n) is 25.4. The van der Waals surface area contributed by atoms with Crippen LogP contribution in [0.25, 0.3) is 0 Å². The Kier molecular flexibility index (Phi) is 16.2. The summed E-state index contributed by atoms with van der Waals surface area (Å²) < 4.78 is 54.5. The summed E-state index contributed by atoms with van der Waals surface area (Å²) in [4.78, 5) is 11.4. The van der Waals surface area contributed by atoms with E-state index in [1.807, 2.05) is 0 Å². The molecule has 0 radical (unpaired) electrons. The van der Waals surface area contributed by atoms with Crippen molar-refractivity contribution in [3.05, 3.63) is 28.8 Å². The zero-order valence-corrected chi connectivity index (χ0v) is 26.2. The first-order valence-electron chi connectivity index (χ1n) is 13.8. The van der Waals surface area contributed by atoms with Crippen LogP contribution < -0.4 is 4.74 Å². The fourth-order valence-corrected chi connectivity index (χ4v) is 4.14. The van der Waals surface area contributed by atoms with E-state index in [1.54, 1.807) is 0 Å². The van der Waals surface area contributed by atoms with Crippen molar-refractivity contribution >= 4 is 16.0 Å². The van der Waals surface area contributed by atoms with Gasteiger partial charge in [0.2, 0.25) is 0 Å². The van der Waals surface area contributed by atoms with Gasteiger partial charge in [0, 0.05) is 24.0 Å². The van der Waals surface area contributed by atoms with E-state index in [-0.39, 0.29) is 23.2 Å². The average molecular weight is 591 g/mol. The maximum absolute atomic E-state index is 11.4. The lowest BCUT2D eigenvalue weighted by molar-refractivity contribution is -0.0102. The molecule has 0 aliphatic heterocycles. The van der Waals surface area contributed by atoms with Gasteiger partial charge in [-0.3, -0.25) is 0 Å². The second kappa shape index (κ2) is 17.9. The molecule has 0 aliphatic rings. The largest absolute Gasteiger partial charge is 0.511 e. The van der Waals surface area contributed by atoms with Crippen LogP contribution in [0.2, 0.25) is 0 Å². The van der Waals surface area contributed by atoms with Crippen molar-refractivity contribution in [1.82, 2.24) is 0 Å². The van der Waals surface area contributed by atoms with Crippen molar-refractivity contribution in [2.24, 2.45) is 0 Å². The third kappa shape index (κ3) is 16.5. The van der Waals surface area contributed by atoms with Crippen LogP contribution in [-0.2, 0) is 50.8 Å². The van der Waals surface area contributed by atoms with Crippen molar-refractivity contribution in [3.8, 4) is 5.75 Å². The summed E-state index contributed by atoms with van der Waals surface area (Å²) in [5, 5.41) is 9.32. The first-order valence-corrected chi connectivity index (χ1v) is 15.8. The summed E-state index contributed by atoms with van der Waals surface area (Å²) in [6.45, 7) is 16.6. The Bertz CT molecular complexity index is 943. The molecule has 0 saturated heterocycles. The molecule has 40 heavy (non-hydrogen) atoms. The predicted molar refractivity (Wildman–Crippen MR) is 155 cm³/mol. The lowest BCUT2D eigenvalue weighted by Gasteiger charge is -2.29. The average Bonchev–Trinajstić information content (AvgIpc) is 2.81. The molecule has 0 atom stereocenters. The molecule has 1 N–H and O–H groups in total. The van der Waals surface area contributed by atoms with Gasteiger partial charge < -0.3 is 33.5 Å². The third-order valence-corrected chi connectivity index (χ3v) is 6.70. The minimum absolute atomic E-state index is 0.0140. The fraction of sp³-hybridized carbons (Fsp3) is 0.759. The fourth-order valence-electron chi connectivity index (χ4n) is 3.71. The Hall–Kier alpha value is -1.76. The number of carboxylic acid groups (broad SMARTS) is 1. The van der Waals surface area contributed by atoms with Gasteiger partial charge in [-0.15, -0.1) is 0 Å². The quantitative estimate of drug-likeness (QED) is 0.133. The molecule has 0 heterocycles. The van der Waals surface area contributed by atoms with E-state index in [0.29, 0.717) is 65.2 Å². The molecular formula is C29H50O10S. The molecule has 1 aromatic rings. The van der Waals surface area contributed by atoms with E-state index in [1.165, 1.54) is 6.26 Å². The van der Waals surface area contributed by atoms with Crippen molar-refractivity contribution < 1.29 is 46.7 Å². The highest BCUT2D eigenvalue weighted by atomic mass is 32.2. The van der Waals surface area contributed by atoms with Gasteiger partial charge in [-0.25, -0.2) is 13.2 Å². The van der Waals surface area contributed by atoms with Gasteiger partial charge in [-0.2, -0.15) is 0 Å². The van der Waals surface area contributed by atoms with Crippen LogP contribution in [0.1, 0.15) is 64.7 Å². The number of carbonyl (C=O) groups is 1. The number of aryl methyl sites for hydroxylation is 1. The molecule has 0 spiro atoms. The smallest absolute Gasteiger partial charge is 0.449 e. The molecule has 0 fully saturated rings. The van der Waals surface area contributed by atoms with E-state index in [4.69, 9.17) is 28.4 Å².